The molecule has 13 heteroatoms. The van der Waals surface area contributed by atoms with Crippen LogP contribution >= 0.6 is 0 Å². The molecule has 4 fully saturated rings. The highest BCUT2D eigenvalue weighted by molar-refractivity contribution is 6.38. The third kappa shape index (κ3) is 8.83. The van der Waals surface area contributed by atoms with Crippen LogP contribution in [-0.4, -0.2) is 86.9 Å². The molecule has 0 aromatic carbocycles. The molecule has 5 rings (SSSR count). The maximum atomic E-state index is 14.6. The first-order chi connectivity index (χ1) is 23.4. The van der Waals surface area contributed by atoms with Crippen molar-refractivity contribution in [2.45, 2.75) is 135 Å². The van der Waals surface area contributed by atoms with Crippen LogP contribution in [0.4, 0.5) is 0 Å². The molecule has 4 N–H and O–H groups in total. The van der Waals surface area contributed by atoms with E-state index in [9.17, 15) is 28.8 Å². The number of fused-ring (bicyclic) bond motifs is 1. The van der Waals surface area contributed by atoms with E-state index in [1.54, 1.807) is 4.90 Å². The molecule has 1 saturated heterocycles. The number of rotatable bonds is 13. The van der Waals surface area contributed by atoms with Gasteiger partial charge in [-0.25, -0.2) is 4.98 Å². The summed E-state index contributed by atoms with van der Waals surface area (Å²) in [6.07, 6.45) is 13.9. The summed E-state index contributed by atoms with van der Waals surface area (Å²) in [7, 11) is 0. The van der Waals surface area contributed by atoms with Crippen molar-refractivity contribution in [1.29, 1.82) is 0 Å². The Labute approximate surface area is 288 Å². The van der Waals surface area contributed by atoms with Crippen molar-refractivity contribution in [3.63, 3.8) is 0 Å². The molecule has 5 amide bonds. The van der Waals surface area contributed by atoms with Crippen LogP contribution in [0.15, 0.2) is 18.6 Å². The average Bonchev–Trinajstić information content (AvgIpc) is 3.65. The summed E-state index contributed by atoms with van der Waals surface area (Å²) >= 11 is 0. The first-order valence-corrected chi connectivity index (χ1v) is 18.2. The van der Waals surface area contributed by atoms with Crippen molar-refractivity contribution in [2.24, 2.45) is 23.2 Å². The summed E-state index contributed by atoms with van der Waals surface area (Å²) in [5.41, 5.74) is -0.638. The zero-order chi connectivity index (χ0) is 35.3. The number of carbonyl (C=O) groups is 6. The van der Waals surface area contributed by atoms with Crippen LogP contribution in [0.3, 0.4) is 0 Å². The molecule has 6 atom stereocenters. The van der Waals surface area contributed by atoms with E-state index in [-0.39, 0.29) is 35.4 Å². The van der Waals surface area contributed by atoms with E-state index < -0.39 is 59.0 Å². The van der Waals surface area contributed by atoms with Gasteiger partial charge in [-0.2, -0.15) is 0 Å². The molecule has 2 heterocycles. The fourth-order valence-corrected chi connectivity index (χ4v) is 7.87. The van der Waals surface area contributed by atoms with Crippen molar-refractivity contribution in [2.75, 3.05) is 6.54 Å². The molecule has 0 spiro atoms. The third-order valence-electron chi connectivity index (χ3n) is 10.7. The van der Waals surface area contributed by atoms with Crippen LogP contribution in [0.5, 0.6) is 0 Å². The van der Waals surface area contributed by atoms with Gasteiger partial charge in [0.1, 0.15) is 23.8 Å². The van der Waals surface area contributed by atoms with Gasteiger partial charge >= 0.3 is 0 Å². The number of hydrogen-bond donors (Lipinski definition) is 4. The van der Waals surface area contributed by atoms with Crippen LogP contribution in [0.1, 0.15) is 115 Å². The molecular formula is C36H53N7O6. The SMILES string of the molecule is CCC[C@H](NC(=O)[C@H]1[C@@H]2CCC[C@@H]2CN1C(=O)[C@@H](NC(=O)[C@@H](NC(=O)c1cnccn1)C1CCCCC1)C(C)(C)C)C(=O)C(=O)NC1CC1. The number of carbonyl (C=O) groups excluding carboxylic acids is 6. The molecule has 3 saturated carbocycles. The predicted octanol–water partition coefficient (Wildman–Crippen LogP) is 2.45. The molecule has 268 valence electrons. The highest BCUT2D eigenvalue weighted by Gasteiger charge is 2.52. The van der Waals surface area contributed by atoms with E-state index in [0.717, 1.165) is 64.2 Å². The van der Waals surface area contributed by atoms with Crippen molar-refractivity contribution in [1.82, 2.24) is 36.1 Å². The normalized spacial score (nSPS) is 24.2. The van der Waals surface area contributed by atoms with Gasteiger partial charge in [-0.15, -0.1) is 0 Å². The number of ketones is 1. The van der Waals surface area contributed by atoms with Gasteiger partial charge in [-0.3, -0.25) is 33.8 Å². The van der Waals surface area contributed by atoms with Crippen molar-refractivity contribution >= 4 is 35.3 Å². The number of nitrogens with one attached hydrogen (secondary N) is 4. The highest BCUT2D eigenvalue weighted by atomic mass is 16.2. The van der Waals surface area contributed by atoms with E-state index in [1.807, 2.05) is 27.7 Å². The number of Topliss-reactive ketones (excluding diaryl/α,β-unsaturated/α-hetero) is 1. The number of aromatic nitrogens is 2. The number of nitrogens with zero attached hydrogens (tertiary/aromatic N) is 3. The quantitative estimate of drug-likeness (QED) is 0.230. The maximum absolute atomic E-state index is 14.6. The van der Waals surface area contributed by atoms with E-state index in [1.165, 1.54) is 18.6 Å². The van der Waals surface area contributed by atoms with E-state index in [2.05, 4.69) is 31.2 Å². The summed E-state index contributed by atoms with van der Waals surface area (Å²) in [6, 6.07) is -3.68. The fourth-order valence-electron chi connectivity index (χ4n) is 7.87. The summed E-state index contributed by atoms with van der Waals surface area (Å²) < 4.78 is 0. The molecule has 3 aliphatic carbocycles. The van der Waals surface area contributed by atoms with Gasteiger partial charge in [0.15, 0.2) is 0 Å². The van der Waals surface area contributed by atoms with Crippen molar-refractivity contribution < 1.29 is 28.8 Å². The molecule has 1 aromatic heterocycles. The second kappa shape index (κ2) is 15.8. The lowest BCUT2D eigenvalue weighted by molar-refractivity contribution is -0.146. The minimum atomic E-state index is -0.994. The van der Waals surface area contributed by atoms with E-state index >= 15 is 0 Å². The molecular weight excluding hydrogens is 626 g/mol. The first-order valence-electron chi connectivity index (χ1n) is 18.2. The molecule has 13 nitrogen and oxygen atoms in total. The smallest absolute Gasteiger partial charge is 0.289 e. The molecule has 4 aliphatic rings. The van der Waals surface area contributed by atoms with Gasteiger partial charge in [0.05, 0.1) is 12.2 Å². The molecule has 1 aliphatic heterocycles. The first kappa shape index (κ1) is 36.4. The molecule has 0 bridgehead atoms. The zero-order valence-corrected chi connectivity index (χ0v) is 29.3. The summed E-state index contributed by atoms with van der Waals surface area (Å²) in [5, 5.41) is 11.5. The topological polar surface area (TPSA) is 180 Å². The summed E-state index contributed by atoms with van der Waals surface area (Å²) in [5.74, 6) is -3.20. The van der Waals surface area contributed by atoms with Crippen LogP contribution in [0.2, 0.25) is 0 Å². The highest BCUT2D eigenvalue weighted by Crippen LogP contribution is 2.43. The Morgan fingerprint density at radius 3 is 2.27 bits per heavy atom. The lowest BCUT2D eigenvalue weighted by Crippen LogP contribution is -2.62. The monoisotopic (exact) mass is 679 g/mol. The average molecular weight is 680 g/mol. The second-order valence-corrected chi connectivity index (χ2v) is 15.5. The Balaban J connectivity index is 1.36. The van der Waals surface area contributed by atoms with Gasteiger partial charge in [0.2, 0.25) is 23.5 Å². The summed E-state index contributed by atoms with van der Waals surface area (Å²) in [6.45, 7) is 7.85. The van der Waals surface area contributed by atoms with Gasteiger partial charge in [-0.1, -0.05) is 59.8 Å². The zero-order valence-electron chi connectivity index (χ0n) is 29.3. The Morgan fingerprint density at radius 2 is 1.63 bits per heavy atom. The van der Waals surface area contributed by atoms with Crippen LogP contribution in [0.25, 0.3) is 0 Å². The molecule has 49 heavy (non-hydrogen) atoms. The molecule has 0 radical (unpaired) electrons. The Kier molecular flexibility index (Phi) is 11.7. The Hall–Kier alpha value is -3.90. The second-order valence-electron chi connectivity index (χ2n) is 15.5. The van der Waals surface area contributed by atoms with Gasteiger partial charge in [0.25, 0.3) is 11.8 Å². The standard InChI is InChI=1S/C36H53N7O6/c1-5-10-25(29(44)34(48)39-23-15-16-23)40-33(47)28-24-14-9-13-22(24)20-43(28)35(49)30(36(2,3)4)42-32(46)27(21-11-7-6-8-12-21)41-31(45)26-19-37-17-18-38-26/h17-19,21-25,27-28,30H,5-16,20H2,1-4H3,(H,39,48)(H,40,47)(H,41,45)(H,42,46)/t22-,24-,25+,27+,28-,30-/m1/s1. The minimum absolute atomic E-state index is 0.0132. The molecule has 0 unspecified atom stereocenters. The third-order valence-corrected chi connectivity index (χ3v) is 10.7. The number of likely N-dealkylation sites (tertiary alicyclic amines) is 1. The number of hydrogen-bond acceptors (Lipinski definition) is 8. The van der Waals surface area contributed by atoms with Crippen molar-refractivity contribution in [3.05, 3.63) is 24.3 Å². The van der Waals surface area contributed by atoms with E-state index in [4.69, 9.17) is 0 Å². The Bertz CT molecular complexity index is 1390. The fraction of sp³-hybridized carbons (Fsp3) is 0.722. The molecule has 1 aromatic rings. The van der Waals surface area contributed by atoms with Crippen LogP contribution in [-0.2, 0) is 24.0 Å². The minimum Gasteiger partial charge on any atom is -0.347 e. The summed E-state index contributed by atoms with van der Waals surface area (Å²) in [4.78, 5) is 91.4. The lowest BCUT2D eigenvalue weighted by Gasteiger charge is -2.38. The number of amides is 5. The van der Waals surface area contributed by atoms with Crippen molar-refractivity contribution in [3.8, 4) is 0 Å². The van der Waals surface area contributed by atoms with Gasteiger partial charge in [-0.05, 0) is 68.1 Å². The van der Waals surface area contributed by atoms with Crippen LogP contribution < -0.4 is 21.3 Å². The lowest BCUT2D eigenvalue weighted by atomic mass is 9.82. The van der Waals surface area contributed by atoms with Crippen LogP contribution in [0, 0.1) is 23.2 Å². The Morgan fingerprint density at radius 1 is 0.898 bits per heavy atom. The van der Waals surface area contributed by atoms with Gasteiger partial charge in [0, 0.05) is 25.0 Å². The maximum Gasteiger partial charge on any atom is 0.289 e. The largest absolute Gasteiger partial charge is 0.347 e. The van der Waals surface area contributed by atoms with E-state index in [0.29, 0.717) is 19.4 Å². The van der Waals surface area contributed by atoms with Gasteiger partial charge < -0.3 is 26.2 Å². The predicted molar refractivity (Wildman–Crippen MR) is 181 cm³/mol.